The Kier molecular flexibility index (Phi) is 45.1. The van der Waals surface area contributed by atoms with Gasteiger partial charge in [-0.15, -0.1) is 11.8 Å². The number of aliphatic hydroxyl groups is 3. The van der Waals surface area contributed by atoms with Gasteiger partial charge >= 0.3 is 29.8 Å². The van der Waals surface area contributed by atoms with Crippen LogP contribution < -0.4 is 5.32 Å². The number of amides is 1. The van der Waals surface area contributed by atoms with Gasteiger partial charge in [-0.2, -0.15) is 0 Å². The third kappa shape index (κ3) is 34.4. The number of Topliss-reactive ketones (excluding diaryl/α,β-unsaturated/α-hetero) is 2. The number of methoxy groups -OCH3 is 1. The van der Waals surface area contributed by atoms with Crippen molar-refractivity contribution in [2.24, 2.45) is 21.7 Å². The fourth-order valence-electron chi connectivity index (χ4n) is 12.5. The second-order valence-electron chi connectivity index (χ2n) is 27.5. The monoisotopic (exact) mass is 1520 g/mol. The fraction of sp³-hybridized carbons (Fsp3) is 0.789. The number of ketones is 2. The van der Waals surface area contributed by atoms with Crippen LogP contribution in [-0.2, 0) is 81.0 Å². The van der Waals surface area contributed by atoms with Crippen LogP contribution in [0.3, 0.4) is 0 Å². The Morgan fingerprint density at radius 2 is 1.26 bits per heavy atom. The fourth-order valence-corrected chi connectivity index (χ4v) is 17.5. The second-order valence-corrected chi connectivity index (χ2v) is 33.7. The van der Waals surface area contributed by atoms with Crippen molar-refractivity contribution in [2.45, 2.75) is 230 Å². The number of nitrogens with one attached hydrogen (secondary N) is 1. The van der Waals surface area contributed by atoms with Crippen molar-refractivity contribution in [3.63, 3.8) is 0 Å². The first kappa shape index (κ1) is 93.0. The van der Waals surface area contributed by atoms with Crippen LogP contribution in [0.2, 0.25) is 0 Å². The number of aromatic nitrogens is 1. The van der Waals surface area contributed by atoms with Crippen LogP contribution in [0.25, 0.3) is 4.85 Å². The molecule has 0 radical (unpaired) electrons. The Hall–Kier alpha value is -4.07. The molecule has 6 unspecified atom stereocenters. The third-order valence-corrected chi connectivity index (χ3v) is 22.3. The molecule has 1 aliphatic heterocycles. The number of carbonyl (C=O) groups is 8. The minimum absolute atomic E-state index is 0.00905. The number of carboxylic acids is 1. The molecule has 1 fully saturated rings. The van der Waals surface area contributed by atoms with Crippen LogP contribution in [0, 0.1) is 28.2 Å². The Bertz CT molecular complexity index is 2740. The molecule has 576 valence electrons. The van der Waals surface area contributed by atoms with Crippen LogP contribution in [0.15, 0.2) is 29.4 Å². The van der Waals surface area contributed by atoms with Gasteiger partial charge in [0, 0.05) is 91.2 Å². The van der Waals surface area contributed by atoms with Crippen molar-refractivity contribution < 1.29 is 101 Å². The van der Waals surface area contributed by atoms with E-state index in [2.05, 4.69) is 15.1 Å². The average Bonchev–Trinajstić information content (AvgIpc) is 0.758. The number of hydrogen-bond donors (Lipinski definition) is 5. The first-order chi connectivity index (χ1) is 47.8. The van der Waals surface area contributed by atoms with Crippen molar-refractivity contribution in [1.82, 2.24) is 15.2 Å². The molecule has 0 aliphatic carbocycles. The predicted octanol–water partition coefficient (Wildman–Crippen LogP) is 10.1. The number of unbranched alkanes of at least 4 members (excludes halogenated alkanes) is 4. The highest BCUT2D eigenvalue weighted by Crippen LogP contribution is 2.54. The molecule has 0 spiro atoms. The van der Waals surface area contributed by atoms with E-state index in [0.29, 0.717) is 66.5 Å². The van der Waals surface area contributed by atoms with Gasteiger partial charge < -0.3 is 78.1 Å². The molecule has 0 aromatic carbocycles. The van der Waals surface area contributed by atoms with Gasteiger partial charge in [0.25, 0.3) is 0 Å². The van der Waals surface area contributed by atoms with E-state index in [1.165, 1.54) is 47.4 Å². The van der Waals surface area contributed by atoms with Crippen LogP contribution in [0.4, 0.5) is 0 Å². The van der Waals surface area contributed by atoms with Gasteiger partial charge in [-0.1, -0.05) is 87.3 Å². The summed E-state index contributed by atoms with van der Waals surface area (Å²) in [7, 11) is 7.83. The number of thiocarbonyl (C=S) groups is 1. The zero-order chi connectivity index (χ0) is 75.7. The number of nitrogens with zero attached hydrogens (tertiary/aromatic N) is 3. The molecular formula is C71H116N4O21S5. The van der Waals surface area contributed by atoms with E-state index in [-0.39, 0.29) is 135 Å². The van der Waals surface area contributed by atoms with E-state index in [1.807, 2.05) is 37.8 Å². The lowest BCUT2D eigenvalue weighted by Gasteiger charge is -2.45. The van der Waals surface area contributed by atoms with E-state index in [9.17, 15) is 44.4 Å². The smallest absolute Gasteiger partial charge is 0.320 e. The molecule has 25 nitrogen and oxygen atoms in total. The van der Waals surface area contributed by atoms with Crippen molar-refractivity contribution >= 4 is 108 Å². The molecule has 1 aliphatic rings. The lowest BCUT2D eigenvalue weighted by atomic mass is 9.59. The molecule has 2 rings (SSSR count). The SMILES string of the molecule is [C-]#[N+]C(C)(CCC(=O)CCCOCCOCCC(=O)CCCCCCO[C@@H]1O[C@H](CO)[C@H](O)[C@H](O)[C@@H]1NC(C)=O)CC(C)(CC(C)(CC(C)(CC(C)(CC(CCC)(SC(=S)SCC)C(=O)O)C(=O)OCCCC)C(=O)OCCN(C)C)C(=O)OCCOC)C(=O)OCCSSc1ccccn1. The van der Waals surface area contributed by atoms with Crippen molar-refractivity contribution in [2.75, 3.05) is 112 Å². The first-order valence-corrected chi connectivity index (χ1v) is 39.5. The van der Waals surface area contributed by atoms with Gasteiger partial charge in [-0.3, -0.25) is 38.4 Å². The number of rotatable bonds is 56. The van der Waals surface area contributed by atoms with Gasteiger partial charge in [-0.25, -0.2) is 11.6 Å². The zero-order valence-electron chi connectivity index (χ0n) is 61.6. The highest BCUT2D eigenvalue weighted by Gasteiger charge is 2.59. The van der Waals surface area contributed by atoms with Crippen LogP contribution in [0.1, 0.15) is 184 Å². The maximum absolute atomic E-state index is 15.3. The quantitative estimate of drug-likeness (QED) is 0.0101. The summed E-state index contributed by atoms with van der Waals surface area (Å²) in [5.74, 6) is -3.99. The van der Waals surface area contributed by atoms with E-state index in [4.69, 9.17) is 61.4 Å². The van der Waals surface area contributed by atoms with Gasteiger partial charge in [-0.05, 0) is 128 Å². The highest BCUT2D eigenvalue weighted by molar-refractivity contribution is 8.76. The number of esters is 4. The van der Waals surface area contributed by atoms with E-state index in [0.717, 1.165) is 29.6 Å². The summed E-state index contributed by atoms with van der Waals surface area (Å²) in [5.41, 5.74) is -8.53. The summed E-state index contributed by atoms with van der Waals surface area (Å²) in [6.45, 7) is 24.0. The molecule has 0 bridgehead atoms. The number of pyridine rings is 1. The van der Waals surface area contributed by atoms with Gasteiger partial charge in [0.1, 0.15) is 69.0 Å². The molecule has 101 heavy (non-hydrogen) atoms. The summed E-state index contributed by atoms with van der Waals surface area (Å²) in [6.07, 6.45) is 0.550. The summed E-state index contributed by atoms with van der Waals surface area (Å²) < 4.78 is 50.8. The molecule has 5 N–H and O–H groups in total. The Morgan fingerprint density at radius 3 is 1.82 bits per heavy atom. The number of carboxylic acid groups (broad SMARTS) is 1. The van der Waals surface area contributed by atoms with E-state index in [1.54, 1.807) is 61.0 Å². The zero-order valence-corrected chi connectivity index (χ0v) is 65.7. The molecule has 0 saturated carbocycles. The summed E-state index contributed by atoms with van der Waals surface area (Å²) in [6, 6.07) is 4.48. The minimum atomic E-state index is -1.83. The van der Waals surface area contributed by atoms with E-state index < -0.39 is 111 Å². The molecule has 1 aromatic heterocycles. The summed E-state index contributed by atoms with van der Waals surface area (Å²) in [4.78, 5) is 122. The number of carbonyl (C=O) groups excluding carboxylic acids is 7. The van der Waals surface area contributed by atoms with Crippen LogP contribution >= 0.6 is 57.3 Å². The standard InChI is InChI=1S/C71H116N4O21S5/c1-14-17-35-92-64(87)69(8,50-71(30-15-2,60(82)83)100-65(97)98-16-3)48-67(6,61(84)93-38-33-75(11)12)46-66(5,62(85)94-42-39-88-13)47-68(7,63(86)95-43-44-99-101-55-27-21-22-32-73-55)49-70(9,72-10)31-28-52(78)26-24-34-89-40-41-90-37-29-53(79)25-20-18-19-23-36-91-59-56(74-51(4)77)58(81)57(80)54(45-76)96-59/h21-22,27,32,54,56-59,76,80-81H,14-20,23-26,28-31,33-50H2,1-9,11-13H3,(H,74,77)(H,82,83)/t54-,56+,57+,58-,59-,66?,67?,68?,69?,70?,71?/m1/s1. The van der Waals surface area contributed by atoms with Crippen molar-refractivity contribution in [3.8, 4) is 0 Å². The topological polar surface area (TPSA) is 333 Å². The molecule has 1 amide bonds. The lowest BCUT2D eigenvalue weighted by molar-refractivity contribution is -0.270. The van der Waals surface area contributed by atoms with Crippen LogP contribution in [0.5, 0.6) is 0 Å². The normalized spacial score (nSPS) is 19.7. The van der Waals surface area contributed by atoms with Crippen molar-refractivity contribution in [1.29, 1.82) is 0 Å². The highest BCUT2D eigenvalue weighted by atomic mass is 33.1. The predicted molar refractivity (Wildman–Crippen MR) is 395 cm³/mol. The first-order valence-electron chi connectivity index (χ1n) is 35.0. The second kappa shape index (κ2) is 48.9. The molecular weight excluding hydrogens is 1410 g/mol. The summed E-state index contributed by atoms with van der Waals surface area (Å²) >= 11 is 8.02. The Balaban J connectivity index is 2.36. The Morgan fingerprint density at radius 1 is 0.673 bits per heavy atom. The number of likely N-dealkylation sites (N-methyl/N-ethyl adjacent to an activating group) is 1. The van der Waals surface area contributed by atoms with Crippen LogP contribution in [-0.4, -0.2) is 234 Å². The number of ether oxygens (including phenoxy) is 9. The van der Waals surface area contributed by atoms with Crippen molar-refractivity contribution in [3.05, 3.63) is 35.8 Å². The molecule has 11 atom stereocenters. The Labute approximate surface area is 620 Å². The number of hydrogen-bond acceptors (Lipinski definition) is 27. The molecule has 1 saturated heterocycles. The average molecular weight is 1520 g/mol. The number of aliphatic hydroxyl groups excluding tert-OH is 3. The molecule has 1 aromatic rings. The summed E-state index contributed by atoms with van der Waals surface area (Å²) in [5, 5.41) is 44.7. The lowest BCUT2D eigenvalue weighted by Crippen LogP contribution is -2.64. The minimum Gasteiger partial charge on any atom is -0.480 e. The van der Waals surface area contributed by atoms with E-state index >= 15 is 14.4 Å². The maximum atomic E-state index is 15.3. The van der Waals surface area contributed by atoms with Gasteiger partial charge in [0.15, 0.2) is 6.29 Å². The number of thioether (sulfide) groups is 2. The molecule has 2 heterocycles. The third-order valence-electron chi connectivity index (χ3n) is 17.3. The number of aliphatic carboxylic acids is 1. The largest absolute Gasteiger partial charge is 0.480 e. The molecule has 30 heteroatoms. The maximum Gasteiger partial charge on any atom is 0.320 e. The van der Waals surface area contributed by atoms with Gasteiger partial charge in [0.2, 0.25) is 11.4 Å². The van der Waals surface area contributed by atoms with Gasteiger partial charge in [0.05, 0.1) is 61.3 Å².